The predicted octanol–water partition coefficient (Wildman–Crippen LogP) is 2.32. The van der Waals surface area contributed by atoms with Gasteiger partial charge in [-0.15, -0.1) is 0 Å². The number of methoxy groups -OCH3 is 2. The van der Waals surface area contributed by atoms with Crippen molar-refractivity contribution in [1.29, 1.82) is 0 Å². The molecule has 0 amide bonds. The predicted molar refractivity (Wildman–Crippen MR) is 99.4 cm³/mol. The molecule has 0 saturated heterocycles. The minimum atomic E-state index is -1.10. The van der Waals surface area contributed by atoms with E-state index in [1.165, 1.54) is 0 Å². The first kappa shape index (κ1) is 19.1. The zero-order valence-corrected chi connectivity index (χ0v) is 15.1. The van der Waals surface area contributed by atoms with Crippen LogP contribution >= 0.6 is 0 Å². The standard InChI is InChI=1S/C19H23N3O4/c1-20-21-18(19(23)24)22(12-14-4-8-16(25-2)9-5-14)13-15-6-10-17(26-3)11-7-15/h4-11,20H,12-13H2,1-3H3,(H,23,24). The lowest BCUT2D eigenvalue weighted by Crippen LogP contribution is -2.37. The first-order valence-electron chi connectivity index (χ1n) is 8.06. The summed E-state index contributed by atoms with van der Waals surface area (Å²) in [6, 6.07) is 15.0. The first-order valence-corrected chi connectivity index (χ1v) is 8.06. The third kappa shape index (κ3) is 5.14. The highest BCUT2D eigenvalue weighted by Crippen LogP contribution is 2.17. The van der Waals surface area contributed by atoms with Gasteiger partial charge in [0.15, 0.2) is 0 Å². The van der Waals surface area contributed by atoms with Gasteiger partial charge in [0.05, 0.1) is 14.2 Å². The second-order valence-corrected chi connectivity index (χ2v) is 5.52. The summed E-state index contributed by atoms with van der Waals surface area (Å²) in [6.07, 6.45) is 0. The summed E-state index contributed by atoms with van der Waals surface area (Å²) < 4.78 is 10.3. The third-order valence-electron chi connectivity index (χ3n) is 3.77. The number of hydrazone groups is 1. The number of carbonyl (C=O) groups is 1. The molecule has 0 aliphatic heterocycles. The van der Waals surface area contributed by atoms with Crippen LogP contribution in [0.1, 0.15) is 11.1 Å². The van der Waals surface area contributed by atoms with Crippen molar-refractivity contribution in [1.82, 2.24) is 10.3 Å². The molecule has 0 spiro atoms. The summed E-state index contributed by atoms with van der Waals surface area (Å²) in [5.74, 6) is 0.344. The molecule has 0 unspecified atom stereocenters. The van der Waals surface area contributed by atoms with Crippen molar-refractivity contribution in [2.75, 3.05) is 21.3 Å². The number of nitrogens with zero attached hydrogens (tertiary/aromatic N) is 2. The first-order chi connectivity index (χ1) is 12.6. The minimum absolute atomic E-state index is 0.0564. The van der Waals surface area contributed by atoms with E-state index in [0.717, 1.165) is 22.6 Å². The normalized spacial score (nSPS) is 11.0. The van der Waals surface area contributed by atoms with Crippen LogP contribution in [0.25, 0.3) is 0 Å². The lowest BCUT2D eigenvalue weighted by Gasteiger charge is -2.24. The molecule has 7 heteroatoms. The van der Waals surface area contributed by atoms with Gasteiger partial charge >= 0.3 is 5.97 Å². The van der Waals surface area contributed by atoms with Crippen molar-refractivity contribution in [2.45, 2.75) is 13.1 Å². The Hall–Kier alpha value is -3.22. The average Bonchev–Trinajstić information content (AvgIpc) is 2.66. The number of carboxylic acids is 1. The van der Waals surface area contributed by atoms with Crippen molar-refractivity contribution >= 4 is 11.8 Å². The highest BCUT2D eigenvalue weighted by molar-refractivity contribution is 6.34. The van der Waals surface area contributed by atoms with Crippen LogP contribution in [-0.4, -0.2) is 43.1 Å². The van der Waals surface area contributed by atoms with Gasteiger partial charge in [-0.25, -0.2) is 4.79 Å². The SMILES string of the molecule is CNN=C(C(=O)O)N(Cc1ccc(OC)cc1)Cc1ccc(OC)cc1. The molecule has 0 aliphatic rings. The summed E-state index contributed by atoms with van der Waals surface area (Å²) in [7, 11) is 4.78. The van der Waals surface area contributed by atoms with Crippen LogP contribution in [0.5, 0.6) is 11.5 Å². The van der Waals surface area contributed by atoms with E-state index >= 15 is 0 Å². The summed E-state index contributed by atoms with van der Waals surface area (Å²) in [4.78, 5) is 13.4. The molecule has 26 heavy (non-hydrogen) atoms. The van der Waals surface area contributed by atoms with Gasteiger partial charge in [-0.1, -0.05) is 24.3 Å². The fourth-order valence-electron chi connectivity index (χ4n) is 2.47. The molecule has 2 rings (SSSR count). The molecule has 0 fully saturated rings. The number of hydrogen-bond donors (Lipinski definition) is 2. The van der Waals surface area contributed by atoms with Gasteiger partial charge in [0.1, 0.15) is 11.5 Å². The van der Waals surface area contributed by atoms with Crippen molar-refractivity contribution in [3.05, 3.63) is 59.7 Å². The molecule has 0 bridgehead atoms. The summed E-state index contributed by atoms with van der Waals surface area (Å²) in [6.45, 7) is 0.783. The number of hydrogen-bond acceptors (Lipinski definition) is 5. The van der Waals surface area contributed by atoms with Gasteiger partial charge in [0.25, 0.3) is 0 Å². The molecule has 7 nitrogen and oxygen atoms in total. The van der Waals surface area contributed by atoms with Gasteiger partial charge < -0.3 is 24.9 Å². The highest BCUT2D eigenvalue weighted by Gasteiger charge is 2.20. The summed E-state index contributed by atoms with van der Waals surface area (Å²) in [5.41, 5.74) is 4.46. The number of benzene rings is 2. The average molecular weight is 357 g/mol. The van der Waals surface area contributed by atoms with Crippen molar-refractivity contribution in [3.8, 4) is 11.5 Å². The number of amidine groups is 1. The molecule has 0 heterocycles. The maximum absolute atomic E-state index is 11.7. The van der Waals surface area contributed by atoms with Crippen LogP contribution in [0.15, 0.2) is 53.6 Å². The van der Waals surface area contributed by atoms with Crippen LogP contribution in [0.4, 0.5) is 0 Å². The Morgan fingerprint density at radius 2 is 1.38 bits per heavy atom. The fraction of sp³-hybridized carbons (Fsp3) is 0.263. The molecule has 2 N–H and O–H groups in total. The Kier molecular flexibility index (Phi) is 6.84. The molecule has 0 atom stereocenters. The molecule has 2 aromatic rings. The topological polar surface area (TPSA) is 83.4 Å². The lowest BCUT2D eigenvalue weighted by atomic mass is 10.1. The number of carboxylic acid groups (broad SMARTS) is 1. The summed E-state index contributed by atoms with van der Waals surface area (Å²) in [5, 5.41) is 13.5. The minimum Gasteiger partial charge on any atom is -0.497 e. The van der Waals surface area contributed by atoms with E-state index < -0.39 is 5.97 Å². The summed E-state index contributed by atoms with van der Waals surface area (Å²) >= 11 is 0. The van der Waals surface area contributed by atoms with Crippen molar-refractivity contribution in [3.63, 3.8) is 0 Å². The Balaban J connectivity index is 2.27. The molecule has 0 aromatic heterocycles. The number of aliphatic carboxylic acids is 1. The molecule has 2 aromatic carbocycles. The number of nitrogens with one attached hydrogen (secondary N) is 1. The molecule has 0 aliphatic carbocycles. The molecular formula is C19H23N3O4. The Bertz CT molecular complexity index is 693. The van der Waals surface area contributed by atoms with Gasteiger partial charge in [-0.3, -0.25) is 0 Å². The maximum Gasteiger partial charge on any atom is 0.373 e. The highest BCUT2D eigenvalue weighted by atomic mass is 16.5. The second-order valence-electron chi connectivity index (χ2n) is 5.52. The molecule has 0 radical (unpaired) electrons. The van der Waals surface area contributed by atoms with E-state index in [4.69, 9.17) is 9.47 Å². The van der Waals surface area contributed by atoms with E-state index in [2.05, 4.69) is 10.5 Å². The van der Waals surface area contributed by atoms with Crippen LogP contribution < -0.4 is 14.9 Å². The van der Waals surface area contributed by atoms with Gasteiger partial charge in [0.2, 0.25) is 5.84 Å². The quantitative estimate of drug-likeness (QED) is 0.450. The zero-order valence-electron chi connectivity index (χ0n) is 15.1. The number of ether oxygens (including phenoxy) is 2. The second kappa shape index (κ2) is 9.31. The van der Waals surface area contributed by atoms with Crippen LogP contribution in [0, 0.1) is 0 Å². The molecule has 138 valence electrons. The number of rotatable bonds is 7. The molecule has 0 saturated carbocycles. The van der Waals surface area contributed by atoms with E-state index in [0.29, 0.717) is 13.1 Å². The van der Waals surface area contributed by atoms with Gasteiger partial charge in [-0.2, -0.15) is 5.10 Å². The van der Waals surface area contributed by atoms with Crippen molar-refractivity contribution < 1.29 is 19.4 Å². The van der Waals surface area contributed by atoms with E-state index in [1.54, 1.807) is 26.2 Å². The van der Waals surface area contributed by atoms with Crippen LogP contribution in [0.2, 0.25) is 0 Å². The van der Waals surface area contributed by atoms with Crippen LogP contribution in [-0.2, 0) is 17.9 Å². The van der Waals surface area contributed by atoms with E-state index in [-0.39, 0.29) is 5.84 Å². The van der Waals surface area contributed by atoms with Crippen molar-refractivity contribution in [2.24, 2.45) is 5.10 Å². The fourth-order valence-corrected chi connectivity index (χ4v) is 2.47. The molecular weight excluding hydrogens is 334 g/mol. The smallest absolute Gasteiger partial charge is 0.373 e. The lowest BCUT2D eigenvalue weighted by molar-refractivity contribution is -0.130. The van der Waals surface area contributed by atoms with E-state index in [9.17, 15) is 9.90 Å². The van der Waals surface area contributed by atoms with Gasteiger partial charge in [-0.05, 0) is 35.4 Å². The van der Waals surface area contributed by atoms with Crippen LogP contribution in [0.3, 0.4) is 0 Å². The maximum atomic E-state index is 11.7. The monoisotopic (exact) mass is 357 g/mol. The Morgan fingerprint density at radius 3 is 1.69 bits per heavy atom. The largest absolute Gasteiger partial charge is 0.497 e. The Labute approximate surface area is 152 Å². The van der Waals surface area contributed by atoms with E-state index in [1.807, 2.05) is 48.5 Å². The Morgan fingerprint density at radius 1 is 0.962 bits per heavy atom. The van der Waals surface area contributed by atoms with Gasteiger partial charge in [0, 0.05) is 20.1 Å². The third-order valence-corrected chi connectivity index (χ3v) is 3.77. The zero-order chi connectivity index (χ0) is 18.9.